The highest BCUT2D eigenvalue weighted by Gasteiger charge is 2.46. The highest BCUT2D eigenvalue weighted by Crippen LogP contribution is 2.52. The van der Waals surface area contributed by atoms with Crippen LogP contribution in [0.3, 0.4) is 0 Å². The maximum absolute atomic E-state index is 13.5. The third kappa shape index (κ3) is 5.19. The van der Waals surface area contributed by atoms with Crippen molar-refractivity contribution in [3.05, 3.63) is 71.5 Å². The van der Waals surface area contributed by atoms with Crippen LogP contribution in [0.5, 0.6) is 11.5 Å². The molecule has 2 amide bonds. The van der Waals surface area contributed by atoms with Crippen LogP contribution in [0.2, 0.25) is 0 Å². The van der Waals surface area contributed by atoms with Crippen molar-refractivity contribution in [1.29, 1.82) is 0 Å². The number of aromatic nitrogens is 2. The quantitative estimate of drug-likeness (QED) is 0.314. The Kier molecular flexibility index (Phi) is 8.45. The van der Waals surface area contributed by atoms with Crippen molar-refractivity contribution in [3.8, 4) is 11.5 Å². The Morgan fingerprint density at radius 1 is 0.872 bits per heavy atom. The highest BCUT2D eigenvalue weighted by atomic mass is 32.2. The molecule has 0 aliphatic carbocycles. The number of carbonyl (C=O) groups is 2. The number of carbonyl (C=O) groups excluding carboxylic acids is 2. The van der Waals surface area contributed by atoms with E-state index in [0.29, 0.717) is 18.8 Å². The van der Waals surface area contributed by atoms with Crippen LogP contribution in [0, 0.1) is 0 Å². The fourth-order valence-corrected chi connectivity index (χ4v) is 6.77. The molecule has 0 saturated carbocycles. The van der Waals surface area contributed by atoms with Gasteiger partial charge in [-0.25, -0.2) is 4.98 Å². The average molecular weight is 549 g/mol. The van der Waals surface area contributed by atoms with Gasteiger partial charge in [-0.15, -0.1) is 0 Å². The summed E-state index contributed by atoms with van der Waals surface area (Å²) in [6, 6.07) is 14.9. The summed E-state index contributed by atoms with van der Waals surface area (Å²) in [5, 5.41) is 0.924. The summed E-state index contributed by atoms with van der Waals surface area (Å²) in [4.78, 5) is 35.1. The molecule has 0 N–H and O–H groups in total. The first-order chi connectivity index (χ1) is 18.7. The van der Waals surface area contributed by atoms with E-state index in [-0.39, 0.29) is 22.6 Å². The van der Waals surface area contributed by atoms with E-state index in [1.807, 2.05) is 84.1 Å². The molecule has 0 spiro atoms. The Morgan fingerprint density at radius 3 is 2.13 bits per heavy atom. The van der Waals surface area contributed by atoms with Crippen molar-refractivity contribution in [2.24, 2.45) is 0 Å². The second-order valence-electron chi connectivity index (χ2n) is 10.1. The zero-order valence-electron chi connectivity index (χ0n) is 24.3. The smallest absolute Gasteiger partial charge is 0.246 e. The summed E-state index contributed by atoms with van der Waals surface area (Å²) in [6.45, 7) is 16.8. The number of nitrogens with zero attached hydrogens (tertiary/aromatic N) is 4. The zero-order valence-corrected chi connectivity index (χ0v) is 25.1. The van der Waals surface area contributed by atoms with Crippen LogP contribution >= 0.6 is 11.8 Å². The molecule has 39 heavy (non-hydrogen) atoms. The van der Waals surface area contributed by atoms with Gasteiger partial charge in [-0.05, 0) is 63.1 Å². The minimum Gasteiger partial charge on any atom is -0.457 e. The topological polar surface area (TPSA) is 67.7 Å². The molecule has 4 aliphatic rings. The van der Waals surface area contributed by atoms with Crippen LogP contribution in [-0.4, -0.2) is 48.0 Å². The molecule has 7 nitrogen and oxygen atoms in total. The van der Waals surface area contributed by atoms with E-state index < -0.39 is 12.1 Å². The highest BCUT2D eigenvalue weighted by molar-refractivity contribution is 8.00. The van der Waals surface area contributed by atoms with Gasteiger partial charge in [-0.1, -0.05) is 63.7 Å². The lowest BCUT2D eigenvalue weighted by molar-refractivity contribution is -0.161. The molecule has 2 aromatic carbocycles. The number of hydrogen-bond acceptors (Lipinski definition) is 5. The molecule has 208 valence electrons. The minimum atomic E-state index is -0.555. The normalized spacial score (nSPS) is 22.7. The Bertz CT molecular complexity index is 1350. The summed E-state index contributed by atoms with van der Waals surface area (Å²) < 4.78 is 8.35. The lowest BCUT2D eigenvalue weighted by atomic mass is 9.94. The van der Waals surface area contributed by atoms with Crippen LogP contribution in [0.4, 0.5) is 0 Å². The van der Waals surface area contributed by atoms with Gasteiger partial charge in [0.1, 0.15) is 23.6 Å². The minimum absolute atomic E-state index is 0.00242. The largest absolute Gasteiger partial charge is 0.457 e. The predicted molar refractivity (Wildman–Crippen MR) is 156 cm³/mol. The first kappa shape index (κ1) is 28.7. The molecule has 3 atom stereocenters. The summed E-state index contributed by atoms with van der Waals surface area (Å²) in [6.07, 6.45) is 1.85. The predicted octanol–water partition coefficient (Wildman–Crippen LogP) is 6.66. The molecular formula is C31H40N4O3S. The number of piperazine rings is 1. The van der Waals surface area contributed by atoms with Crippen molar-refractivity contribution in [3.63, 3.8) is 0 Å². The van der Waals surface area contributed by atoms with Crippen molar-refractivity contribution >= 4 is 23.6 Å². The summed E-state index contributed by atoms with van der Waals surface area (Å²) >= 11 is 1.73. The summed E-state index contributed by atoms with van der Waals surface area (Å²) in [5.74, 6) is 1.37. The average Bonchev–Trinajstić information content (AvgIpc) is 3.43. The summed E-state index contributed by atoms with van der Waals surface area (Å²) in [5.41, 5.74) is 2.98. The molecular weight excluding hydrogens is 508 g/mol. The van der Waals surface area contributed by atoms with Gasteiger partial charge < -0.3 is 19.1 Å². The van der Waals surface area contributed by atoms with Crippen molar-refractivity contribution in [2.45, 2.75) is 96.5 Å². The Balaban J connectivity index is 0.000000845. The van der Waals surface area contributed by atoms with E-state index in [1.165, 1.54) is 0 Å². The van der Waals surface area contributed by atoms with Gasteiger partial charge in [0.2, 0.25) is 11.8 Å². The van der Waals surface area contributed by atoms with Crippen molar-refractivity contribution < 1.29 is 14.3 Å². The molecule has 6 bridgehead atoms. The molecule has 5 heterocycles. The van der Waals surface area contributed by atoms with Crippen LogP contribution < -0.4 is 4.74 Å². The molecule has 0 radical (unpaired) electrons. The second kappa shape index (κ2) is 11.5. The van der Waals surface area contributed by atoms with Gasteiger partial charge in [-0.2, -0.15) is 0 Å². The third-order valence-corrected chi connectivity index (χ3v) is 8.55. The van der Waals surface area contributed by atoms with E-state index >= 15 is 0 Å². The van der Waals surface area contributed by atoms with Gasteiger partial charge in [0.15, 0.2) is 5.16 Å². The summed E-state index contributed by atoms with van der Waals surface area (Å²) in [7, 11) is 0. The number of ether oxygens (including phenoxy) is 1. The number of fused-ring (bicyclic) bond motifs is 2. The first-order valence-electron chi connectivity index (χ1n) is 14.0. The van der Waals surface area contributed by atoms with E-state index in [2.05, 4.69) is 30.5 Å². The Hall–Kier alpha value is -3.26. The fraction of sp³-hybridized carbons (Fsp3) is 0.452. The van der Waals surface area contributed by atoms with Crippen LogP contribution in [-0.2, 0) is 22.7 Å². The fourth-order valence-electron chi connectivity index (χ4n) is 5.52. The third-order valence-electron chi connectivity index (χ3n) is 7.32. The van der Waals surface area contributed by atoms with Crippen LogP contribution in [0.15, 0.2) is 59.9 Å². The maximum atomic E-state index is 13.5. The first-order valence-corrected chi connectivity index (χ1v) is 14.8. The lowest BCUT2D eigenvalue weighted by Gasteiger charge is -2.43. The Labute approximate surface area is 236 Å². The zero-order chi connectivity index (χ0) is 28.5. The standard InChI is InChI=1S/C27H28N4O3S.2C2H6/c1-16-25(33)30-15-20-13-28-26-31(20)23(27(3,4)35-26)19-8-6-10-22(12-19)34-21-9-5-7-18(11-21)14-29(16)24(32)17(30)2;2*1-2/h5-13,16-17,23H,14-15H2,1-4H3;2*1-2H3. The molecule has 1 saturated heterocycles. The monoisotopic (exact) mass is 548 g/mol. The van der Waals surface area contributed by atoms with Gasteiger partial charge in [0.05, 0.1) is 24.5 Å². The van der Waals surface area contributed by atoms with E-state index in [0.717, 1.165) is 27.7 Å². The maximum Gasteiger partial charge on any atom is 0.246 e. The van der Waals surface area contributed by atoms with Gasteiger partial charge in [-0.3, -0.25) is 9.59 Å². The number of amides is 2. The number of imidazole rings is 1. The van der Waals surface area contributed by atoms with E-state index in [9.17, 15) is 9.59 Å². The van der Waals surface area contributed by atoms with Gasteiger partial charge in [0.25, 0.3) is 0 Å². The SMILES string of the molecule is CC.CC.CC1C(=O)N2Cc3cnc4n3C(c3cccc(c3)Oc3cccc(c3)CN1C(=O)C2C)C(C)(C)S4. The Morgan fingerprint density at radius 2 is 1.46 bits per heavy atom. The van der Waals surface area contributed by atoms with Crippen LogP contribution in [0.1, 0.15) is 78.3 Å². The second-order valence-corrected chi connectivity index (χ2v) is 11.7. The molecule has 3 aromatic rings. The van der Waals surface area contributed by atoms with Crippen molar-refractivity contribution in [1.82, 2.24) is 19.4 Å². The molecule has 3 unspecified atom stereocenters. The number of benzene rings is 2. The molecule has 1 fully saturated rings. The van der Waals surface area contributed by atoms with E-state index in [1.54, 1.807) is 21.6 Å². The van der Waals surface area contributed by atoms with Crippen molar-refractivity contribution in [2.75, 3.05) is 0 Å². The van der Waals surface area contributed by atoms with Gasteiger partial charge in [0, 0.05) is 11.3 Å². The molecule has 7 rings (SSSR count). The number of hydrogen-bond donors (Lipinski definition) is 0. The number of rotatable bonds is 0. The number of thioether (sulfide) groups is 1. The molecule has 1 aromatic heterocycles. The van der Waals surface area contributed by atoms with Crippen LogP contribution in [0.25, 0.3) is 0 Å². The molecule has 4 aliphatic heterocycles. The lowest BCUT2D eigenvalue weighted by Crippen LogP contribution is -2.62. The van der Waals surface area contributed by atoms with E-state index in [4.69, 9.17) is 9.72 Å². The molecule has 8 heteroatoms. The van der Waals surface area contributed by atoms with Gasteiger partial charge >= 0.3 is 0 Å².